The summed E-state index contributed by atoms with van der Waals surface area (Å²) >= 11 is 0. The van der Waals surface area contributed by atoms with Gasteiger partial charge in [0.2, 0.25) is 15.9 Å². The molecule has 1 N–H and O–H groups in total. The number of anilines is 1. The standard InChI is InChI=1S/C18H19N3O3S/c22-18(11-8-15-5-1-2-12-19-15)20-16-6-9-17(10-7-16)25(23,24)21-13-3-4-14-21/h1-2,5-12H,3-4,13-14H2,(H,20,22)/b11-8+. The lowest BCUT2D eigenvalue weighted by molar-refractivity contribution is -0.111. The van der Waals surface area contributed by atoms with Crippen molar-refractivity contribution in [2.45, 2.75) is 17.7 Å². The van der Waals surface area contributed by atoms with E-state index < -0.39 is 10.0 Å². The van der Waals surface area contributed by atoms with Gasteiger partial charge in [-0.05, 0) is 55.3 Å². The minimum atomic E-state index is -3.43. The van der Waals surface area contributed by atoms with Gasteiger partial charge >= 0.3 is 0 Å². The summed E-state index contributed by atoms with van der Waals surface area (Å²) in [6.45, 7) is 1.14. The minimum Gasteiger partial charge on any atom is -0.323 e. The minimum absolute atomic E-state index is 0.247. The summed E-state index contributed by atoms with van der Waals surface area (Å²) < 4.78 is 26.4. The van der Waals surface area contributed by atoms with Gasteiger partial charge in [-0.3, -0.25) is 9.78 Å². The van der Waals surface area contributed by atoms with E-state index in [4.69, 9.17) is 0 Å². The predicted octanol–water partition coefficient (Wildman–Crippen LogP) is 2.52. The van der Waals surface area contributed by atoms with Crippen LogP contribution in [0.3, 0.4) is 0 Å². The fourth-order valence-corrected chi connectivity index (χ4v) is 4.12. The number of rotatable bonds is 5. The molecular formula is C18H19N3O3S. The van der Waals surface area contributed by atoms with Crippen LogP contribution in [0.4, 0.5) is 5.69 Å². The molecule has 0 bridgehead atoms. The first-order chi connectivity index (χ1) is 12.1. The third-order valence-electron chi connectivity index (χ3n) is 3.92. The van der Waals surface area contributed by atoms with Crippen LogP contribution in [0.25, 0.3) is 6.08 Å². The summed E-state index contributed by atoms with van der Waals surface area (Å²) in [4.78, 5) is 16.3. The van der Waals surface area contributed by atoms with Crippen LogP contribution in [0.5, 0.6) is 0 Å². The average molecular weight is 357 g/mol. The molecule has 130 valence electrons. The van der Waals surface area contributed by atoms with Gasteiger partial charge in [-0.2, -0.15) is 4.31 Å². The summed E-state index contributed by atoms with van der Waals surface area (Å²) in [6.07, 6.45) is 6.45. The Morgan fingerprint density at radius 3 is 2.44 bits per heavy atom. The zero-order chi connectivity index (χ0) is 17.7. The van der Waals surface area contributed by atoms with Crippen LogP contribution < -0.4 is 5.32 Å². The van der Waals surface area contributed by atoms with Gasteiger partial charge in [-0.15, -0.1) is 0 Å². The summed E-state index contributed by atoms with van der Waals surface area (Å²) in [5.74, 6) is -0.305. The van der Waals surface area contributed by atoms with Crippen LogP contribution in [0.2, 0.25) is 0 Å². The lowest BCUT2D eigenvalue weighted by atomic mass is 10.3. The summed E-state index contributed by atoms with van der Waals surface area (Å²) in [5.41, 5.74) is 1.22. The van der Waals surface area contributed by atoms with Gasteiger partial charge in [-0.1, -0.05) is 6.07 Å². The van der Waals surface area contributed by atoms with Crippen molar-refractivity contribution in [3.63, 3.8) is 0 Å². The number of sulfonamides is 1. The summed E-state index contributed by atoms with van der Waals surface area (Å²) in [6, 6.07) is 11.7. The highest BCUT2D eigenvalue weighted by molar-refractivity contribution is 7.89. The van der Waals surface area contributed by atoms with Crippen molar-refractivity contribution >= 4 is 27.7 Å². The van der Waals surface area contributed by atoms with Gasteiger partial charge in [0, 0.05) is 31.0 Å². The van der Waals surface area contributed by atoms with Crippen LogP contribution >= 0.6 is 0 Å². The van der Waals surface area contributed by atoms with Gasteiger partial charge in [-0.25, -0.2) is 8.42 Å². The molecular weight excluding hydrogens is 338 g/mol. The maximum absolute atomic E-state index is 12.4. The Morgan fingerprint density at radius 1 is 1.08 bits per heavy atom. The highest BCUT2D eigenvalue weighted by atomic mass is 32.2. The molecule has 0 spiro atoms. The lowest BCUT2D eigenvalue weighted by Gasteiger charge is -2.15. The Morgan fingerprint density at radius 2 is 1.80 bits per heavy atom. The molecule has 0 aliphatic carbocycles. The molecule has 1 fully saturated rings. The molecule has 1 aromatic heterocycles. The number of benzene rings is 1. The zero-order valence-corrected chi connectivity index (χ0v) is 14.4. The highest BCUT2D eigenvalue weighted by Gasteiger charge is 2.26. The summed E-state index contributed by atoms with van der Waals surface area (Å²) in [7, 11) is -3.43. The van der Waals surface area contributed by atoms with Crippen LogP contribution in [0.1, 0.15) is 18.5 Å². The molecule has 7 heteroatoms. The lowest BCUT2D eigenvalue weighted by Crippen LogP contribution is -2.27. The maximum Gasteiger partial charge on any atom is 0.248 e. The number of pyridine rings is 1. The van der Waals surface area contributed by atoms with E-state index in [9.17, 15) is 13.2 Å². The normalized spacial score (nSPS) is 15.5. The molecule has 1 amide bonds. The van der Waals surface area contributed by atoms with Gasteiger partial charge in [0.15, 0.2) is 0 Å². The molecule has 2 heterocycles. The van der Waals surface area contributed by atoms with Gasteiger partial charge in [0.1, 0.15) is 0 Å². The maximum atomic E-state index is 12.4. The van der Waals surface area contributed by atoms with Crippen molar-refractivity contribution in [1.29, 1.82) is 0 Å². The Kier molecular flexibility index (Phi) is 5.25. The Bertz CT molecular complexity index is 856. The first kappa shape index (κ1) is 17.3. The quantitative estimate of drug-likeness (QED) is 0.834. The number of carbonyl (C=O) groups excluding carboxylic acids is 1. The number of aromatic nitrogens is 1. The van der Waals surface area contributed by atoms with Gasteiger partial charge in [0.05, 0.1) is 10.6 Å². The number of amides is 1. The molecule has 2 aromatic rings. The van der Waals surface area contributed by atoms with Crippen molar-refractivity contribution in [2.75, 3.05) is 18.4 Å². The van der Waals surface area contributed by atoms with Crippen LogP contribution in [-0.4, -0.2) is 36.7 Å². The molecule has 3 rings (SSSR count). The zero-order valence-electron chi connectivity index (χ0n) is 13.6. The van der Waals surface area contributed by atoms with E-state index in [1.807, 2.05) is 6.07 Å². The van der Waals surface area contributed by atoms with Crippen LogP contribution in [-0.2, 0) is 14.8 Å². The Hall–Kier alpha value is -2.51. The highest BCUT2D eigenvalue weighted by Crippen LogP contribution is 2.22. The molecule has 0 saturated carbocycles. The average Bonchev–Trinajstić information content (AvgIpc) is 3.17. The fourth-order valence-electron chi connectivity index (χ4n) is 2.61. The van der Waals surface area contributed by atoms with Crippen molar-refractivity contribution in [2.24, 2.45) is 0 Å². The number of nitrogens with one attached hydrogen (secondary N) is 1. The van der Waals surface area contributed by atoms with Crippen molar-refractivity contribution in [3.8, 4) is 0 Å². The molecule has 1 aromatic carbocycles. The molecule has 25 heavy (non-hydrogen) atoms. The van der Waals surface area contributed by atoms with Crippen LogP contribution in [0.15, 0.2) is 59.6 Å². The van der Waals surface area contributed by atoms with Crippen molar-refractivity contribution < 1.29 is 13.2 Å². The Labute approximate surface area is 147 Å². The molecule has 0 radical (unpaired) electrons. The van der Waals surface area contributed by atoms with Gasteiger partial charge < -0.3 is 5.32 Å². The SMILES string of the molecule is O=C(/C=C/c1ccccn1)Nc1ccc(S(=O)(=O)N2CCCC2)cc1. The fraction of sp³-hybridized carbons (Fsp3) is 0.222. The van der Waals surface area contributed by atoms with E-state index in [2.05, 4.69) is 10.3 Å². The first-order valence-electron chi connectivity index (χ1n) is 8.06. The van der Waals surface area contributed by atoms with E-state index >= 15 is 0 Å². The van der Waals surface area contributed by atoms with E-state index in [1.165, 1.54) is 22.5 Å². The monoisotopic (exact) mass is 357 g/mol. The molecule has 0 atom stereocenters. The molecule has 1 aliphatic heterocycles. The molecule has 1 aliphatic rings. The second-order valence-electron chi connectivity index (χ2n) is 5.71. The van der Waals surface area contributed by atoms with Crippen molar-refractivity contribution in [3.05, 3.63) is 60.4 Å². The number of hydrogen-bond donors (Lipinski definition) is 1. The van der Waals surface area contributed by atoms with E-state index in [0.29, 0.717) is 24.5 Å². The van der Waals surface area contributed by atoms with Gasteiger partial charge in [0.25, 0.3) is 0 Å². The number of hydrogen-bond acceptors (Lipinski definition) is 4. The smallest absolute Gasteiger partial charge is 0.248 e. The van der Waals surface area contributed by atoms with Crippen LogP contribution in [0, 0.1) is 0 Å². The number of carbonyl (C=O) groups is 1. The van der Waals surface area contributed by atoms with E-state index in [1.54, 1.807) is 36.5 Å². The van der Waals surface area contributed by atoms with E-state index in [-0.39, 0.29) is 10.8 Å². The topological polar surface area (TPSA) is 79.4 Å². The third kappa shape index (κ3) is 4.32. The number of nitrogens with zero attached hydrogens (tertiary/aromatic N) is 2. The molecule has 6 nitrogen and oxygen atoms in total. The second kappa shape index (κ2) is 7.58. The van der Waals surface area contributed by atoms with E-state index in [0.717, 1.165) is 12.8 Å². The predicted molar refractivity (Wildman–Crippen MR) is 96.3 cm³/mol. The Balaban J connectivity index is 1.64. The summed E-state index contributed by atoms with van der Waals surface area (Å²) in [5, 5.41) is 2.70. The third-order valence-corrected chi connectivity index (χ3v) is 5.83. The van der Waals surface area contributed by atoms with Crippen molar-refractivity contribution in [1.82, 2.24) is 9.29 Å². The first-order valence-corrected chi connectivity index (χ1v) is 9.50. The molecule has 0 unspecified atom stereocenters. The largest absolute Gasteiger partial charge is 0.323 e. The molecule has 1 saturated heterocycles. The second-order valence-corrected chi connectivity index (χ2v) is 7.65.